The van der Waals surface area contributed by atoms with Gasteiger partial charge in [-0.3, -0.25) is 4.57 Å². The fourth-order valence-electron chi connectivity index (χ4n) is 1.50. The van der Waals surface area contributed by atoms with Crippen LogP contribution in [0.4, 0.5) is 13.2 Å². The van der Waals surface area contributed by atoms with Crippen LogP contribution in [0.25, 0.3) is 0 Å². The lowest BCUT2D eigenvalue weighted by Gasteiger charge is -2.09. The first kappa shape index (κ1) is 12.5. The van der Waals surface area contributed by atoms with Crippen molar-refractivity contribution in [3.05, 3.63) is 47.8 Å². The lowest BCUT2D eigenvalue weighted by Crippen LogP contribution is -2.07. The predicted molar refractivity (Wildman–Crippen MR) is 58.9 cm³/mol. The Labute approximate surface area is 102 Å². The van der Waals surface area contributed by atoms with Crippen molar-refractivity contribution in [2.75, 3.05) is 0 Å². The molecular weight excluding hydrogens is 245 g/mol. The molecule has 0 aliphatic heterocycles. The first-order valence-corrected chi connectivity index (χ1v) is 5.26. The summed E-state index contributed by atoms with van der Waals surface area (Å²) in [4.78, 5) is 3.74. The van der Waals surface area contributed by atoms with Gasteiger partial charge in [0.1, 0.15) is 6.61 Å². The predicted octanol–water partition coefficient (Wildman–Crippen LogP) is 3.30. The Bertz CT molecular complexity index is 540. The van der Waals surface area contributed by atoms with Gasteiger partial charge in [0.05, 0.1) is 0 Å². The smallest absolute Gasteiger partial charge is 0.320 e. The lowest BCUT2D eigenvalue weighted by molar-refractivity contribution is 0.0631. The topological polar surface area (TPSA) is 27.1 Å². The van der Waals surface area contributed by atoms with E-state index in [4.69, 9.17) is 4.74 Å². The highest BCUT2D eigenvalue weighted by molar-refractivity contribution is 5.29. The SMILES string of the molecule is Cc1ccc(F)c(OCc2nccn2C(F)F)c1. The molecule has 96 valence electrons. The number of benzene rings is 1. The molecular formula is C12H11F3N2O. The van der Waals surface area contributed by atoms with Gasteiger partial charge in [0.2, 0.25) is 0 Å². The Balaban J connectivity index is 2.11. The molecule has 3 nitrogen and oxygen atoms in total. The van der Waals surface area contributed by atoms with Crippen LogP contribution in [0, 0.1) is 12.7 Å². The van der Waals surface area contributed by atoms with Crippen molar-refractivity contribution in [2.24, 2.45) is 0 Å². The normalized spacial score (nSPS) is 10.9. The van der Waals surface area contributed by atoms with Gasteiger partial charge in [-0.15, -0.1) is 0 Å². The zero-order valence-electron chi connectivity index (χ0n) is 9.61. The average molecular weight is 256 g/mol. The van der Waals surface area contributed by atoms with E-state index in [1.165, 1.54) is 18.3 Å². The van der Waals surface area contributed by atoms with Crippen molar-refractivity contribution in [2.45, 2.75) is 20.1 Å². The van der Waals surface area contributed by atoms with Crippen molar-refractivity contribution in [3.63, 3.8) is 0 Å². The van der Waals surface area contributed by atoms with Gasteiger partial charge in [-0.05, 0) is 24.6 Å². The number of hydrogen-bond donors (Lipinski definition) is 0. The molecule has 1 aromatic heterocycles. The fourth-order valence-corrected chi connectivity index (χ4v) is 1.50. The third-order valence-electron chi connectivity index (χ3n) is 2.40. The van der Waals surface area contributed by atoms with Crippen molar-refractivity contribution in [1.82, 2.24) is 9.55 Å². The van der Waals surface area contributed by atoms with E-state index in [0.29, 0.717) is 4.57 Å². The second-order valence-corrected chi connectivity index (χ2v) is 3.75. The van der Waals surface area contributed by atoms with Gasteiger partial charge < -0.3 is 4.74 Å². The van der Waals surface area contributed by atoms with Crippen LogP contribution in [-0.2, 0) is 6.61 Å². The number of ether oxygens (including phenoxy) is 1. The Kier molecular flexibility index (Phi) is 3.55. The lowest BCUT2D eigenvalue weighted by atomic mass is 10.2. The summed E-state index contributed by atoms with van der Waals surface area (Å²) in [5.41, 5.74) is 0.823. The van der Waals surface area contributed by atoms with Crippen LogP contribution in [0.3, 0.4) is 0 Å². The minimum absolute atomic E-state index is 0.0267. The maximum atomic E-state index is 13.4. The standard InChI is InChI=1S/C12H11F3N2O/c1-8-2-3-9(13)10(6-8)18-7-11-16-4-5-17(11)12(14)15/h2-6,12H,7H2,1H3. The molecule has 0 saturated heterocycles. The number of halogens is 3. The number of rotatable bonds is 4. The van der Waals surface area contributed by atoms with Crippen LogP contribution < -0.4 is 4.74 Å². The van der Waals surface area contributed by atoms with E-state index in [-0.39, 0.29) is 18.2 Å². The minimum Gasteiger partial charge on any atom is -0.483 e. The zero-order valence-corrected chi connectivity index (χ0v) is 9.61. The maximum absolute atomic E-state index is 13.4. The van der Waals surface area contributed by atoms with E-state index in [0.717, 1.165) is 11.8 Å². The van der Waals surface area contributed by atoms with Gasteiger partial charge in [-0.25, -0.2) is 9.37 Å². The molecule has 18 heavy (non-hydrogen) atoms. The molecule has 0 spiro atoms. The summed E-state index contributed by atoms with van der Waals surface area (Å²) in [6.45, 7) is -1.11. The van der Waals surface area contributed by atoms with Crippen molar-refractivity contribution in [1.29, 1.82) is 0 Å². The molecule has 0 fully saturated rings. The molecule has 0 bridgehead atoms. The van der Waals surface area contributed by atoms with Crippen LogP contribution in [0.15, 0.2) is 30.6 Å². The van der Waals surface area contributed by atoms with E-state index < -0.39 is 12.4 Å². The van der Waals surface area contributed by atoms with Gasteiger partial charge in [0.25, 0.3) is 0 Å². The Hall–Kier alpha value is -1.98. The van der Waals surface area contributed by atoms with Gasteiger partial charge in [-0.1, -0.05) is 6.07 Å². The molecule has 1 heterocycles. The first-order valence-electron chi connectivity index (χ1n) is 5.26. The van der Waals surface area contributed by atoms with Crippen molar-refractivity contribution < 1.29 is 17.9 Å². The van der Waals surface area contributed by atoms with E-state index in [2.05, 4.69) is 4.98 Å². The van der Waals surface area contributed by atoms with E-state index in [9.17, 15) is 13.2 Å². The summed E-state index contributed by atoms with van der Waals surface area (Å²) in [6.07, 6.45) is 2.40. The fraction of sp³-hybridized carbons (Fsp3) is 0.250. The Morgan fingerprint density at radius 3 is 2.89 bits per heavy atom. The summed E-state index contributed by atoms with van der Waals surface area (Å²) in [6, 6.07) is 4.37. The van der Waals surface area contributed by atoms with Gasteiger partial charge >= 0.3 is 6.55 Å². The number of hydrogen-bond acceptors (Lipinski definition) is 2. The summed E-state index contributed by atoms with van der Waals surface area (Å²) < 4.78 is 44.2. The van der Waals surface area contributed by atoms with E-state index in [1.807, 2.05) is 0 Å². The van der Waals surface area contributed by atoms with E-state index in [1.54, 1.807) is 13.0 Å². The average Bonchev–Trinajstić information content (AvgIpc) is 2.79. The van der Waals surface area contributed by atoms with Crippen LogP contribution >= 0.6 is 0 Å². The summed E-state index contributed by atoms with van der Waals surface area (Å²) in [5, 5.41) is 0. The molecule has 0 atom stereocenters. The van der Waals surface area contributed by atoms with E-state index >= 15 is 0 Å². The molecule has 0 N–H and O–H groups in total. The van der Waals surface area contributed by atoms with Crippen LogP contribution in [0.1, 0.15) is 17.9 Å². The maximum Gasteiger partial charge on any atom is 0.320 e. The van der Waals surface area contributed by atoms with Crippen molar-refractivity contribution in [3.8, 4) is 5.75 Å². The number of alkyl halides is 2. The first-order chi connectivity index (χ1) is 8.58. The number of aromatic nitrogens is 2. The summed E-state index contributed by atoms with van der Waals surface area (Å²) in [5.74, 6) is -0.458. The largest absolute Gasteiger partial charge is 0.483 e. The minimum atomic E-state index is -2.69. The third kappa shape index (κ3) is 2.64. The molecule has 0 amide bonds. The third-order valence-corrected chi connectivity index (χ3v) is 2.40. The Morgan fingerprint density at radius 2 is 2.17 bits per heavy atom. The molecule has 0 radical (unpaired) electrons. The monoisotopic (exact) mass is 256 g/mol. The molecule has 0 aliphatic carbocycles. The molecule has 0 aliphatic rings. The molecule has 0 unspecified atom stereocenters. The number of aryl methyl sites for hydroxylation is 1. The molecule has 6 heteroatoms. The van der Waals surface area contributed by atoms with Crippen molar-refractivity contribution >= 4 is 0 Å². The summed E-state index contributed by atoms with van der Waals surface area (Å²) >= 11 is 0. The van der Waals surface area contributed by atoms with Crippen LogP contribution in [0.5, 0.6) is 5.75 Å². The van der Waals surface area contributed by atoms with Gasteiger partial charge in [-0.2, -0.15) is 8.78 Å². The molecule has 1 aromatic carbocycles. The zero-order chi connectivity index (χ0) is 13.1. The molecule has 2 aromatic rings. The highest BCUT2D eigenvalue weighted by Crippen LogP contribution is 2.20. The second-order valence-electron chi connectivity index (χ2n) is 3.75. The molecule has 2 rings (SSSR count). The Morgan fingerprint density at radius 1 is 1.39 bits per heavy atom. The van der Waals surface area contributed by atoms with Crippen LogP contribution in [-0.4, -0.2) is 9.55 Å². The number of nitrogens with zero attached hydrogens (tertiary/aromatic N) is 2. The van der Waals surface area contributed by atoms with Crippen LogP contribution in [0.2, 0.25) is 0 Å². The summed E-state index contributed by atoms with van der Waals surface area (Å²) in [7, 11) is 0. The van der Waals surface area contributed by atoms with Gasteiger partial charge in [0.15, 0.2) is 17.4 Å². The highest BCUT2D eigenvalue weighted by atomic mass is 19.3. The molecule has 0 saturated carbocycles. The highest BCUT2D eigenvalue weighted by Gasteiger charge is 2.12. The quantitative estimate of drug-likeness (QED) is 0.839. The second kappa shape index (κ2) is 5.12. The van der Waals surface area contributed by atoms with Gasteiger partial charge in [0, 0.05) is 12.4 Å². The number of imidazole rings is 1.